The maximum atomic E-state index is 10.5. The second kappa shape index (κ2) is 8.24. The Morgan fingerprint density at radius 1 is 1.29 bits per heavy atom. The molecule has 1 saturated heterocycles. The van der Waals surface area contributed by atoms with Crippen LogP contribution in [0.3, 0.4) is 0 Å². The lowest BCUT2D eigenvalue weighted by molar-refractivity contribution is -0.131. The summed E-state index contributed by atoms with van der Waals surface area (Å²) in [6, 6.07) is 0.420. The van der Waals surface area contributed by atoms with E-state index in [1.54, 1.807) is 12.4 Å². The minimum Gasteiger partial charge on any atom is -0.478 e. The maximum Gasteiger partial charge on any atom is 0.328 e. The summed E-state index contributed by atoms with van der Waals surface area (Å²) < 4.78 is 0. The molecular formula is C18H26N4O2. The molecular weight excluding hydrogens is 304 g/mol. The van der Waals surface area contributed by atoms with Crippen molar-refractivity contribution in [3.05, 3.63) is 24.2 Å². The largest absolute Gasteiger partial charge is 0.478 e. The lowest BCUT2D eigenvalue weighted by atomic mass is 10.0. The van der Waals surface area contributed by atoms with Gasteiger partial charge in [-0.2, -0.15) is 0 Å². The van der Waals surface area contributed by atoms with E-state index in [-0.39, 0.29) is 0 Å². The van der Waals surface area contributed by atoms with Crippen molar-refractivity contribution in [3.8, 4) is 0 Å². The van der Waals surface area contributed by atoms with Crippen LogP contribution >= 0.6 is 0 Å². The Morgan fingerprint density at radius 3 is 2.83 bits per heavy atom. The summed E-state index contributed by atoms with van der Waals surface area (Å²) in [4.78, 5) is 21.6. The Morgan fingerprint density at radius 2 is 2.12 bits per heavy atom. The number of aliphatic carboxylic acids is 1. The van der Waals surface area contributed by atoms with Gasteiger partial charge in [0.1, 0.15) is 5.82 Å². The second-order valence-electron chi connectivity index (χ2n) is 6.87. The minimum atomic E-state index is -0.984. The van der Waals surface area contributed by atoms with Gasteiger partial charge in [0.25, 0.3) is 0 Å². The van der Waals surface area contributed by atoms with Crippen LogP contribution in [0.2, 0.25) is 0 Å². The molecule has 3 rings (SSSR count). The first-order valence-corrected chi connectivity index (χ1v) is 8.91. The predicted octanol–water partition coefficient (Wildman–Crippen LogP) is 2.64. The van der Waals surface area contributed by atoms with E-state index in [1.807, 2.05) is 0 Å². The molecule has 1 aromatic heterocycles. The molecule has 1 aromatic rings. The van der Waals surface area contributed by atoms with Gasteiger partial charge < -0.3 is 15.3 Å². The van der Waals surface area contributed by atoms with Gasteiger partial charge in [-0.3, -0.25) is 4.98 Å². The van der Waals surface area contributed by atoms with Gasteiger partial charge in [0.2, 0.25) is 0 Å². The molecule has 1 saturated carbocycles. The molecule has 130 valence electrons. The third-order valence-corrected chi connectivity index (χ3v) is 5.02. The van der Waals surface area contributed by atoms with Crippen molar-refractivity contribution in [2.75, 3.05) is 25.0 Å². The van der Waals surface area contributed by atoms with Crippen molar-refractivity contribution >= 4 is 17.9 Å². The topological polar surface area (TPSA) is 78.3 Å². The quantitative estimate of drug-likeness (QED) is 0.748. The van der Waals surface area contributed by atoms with Crippen LogP contribution in [0, 0.1) is 5.92 Å². The van der Waals surface area contributed by atoms with Crippen LogP contribution in [0.15, 0.2) is 18.5 Å². The number of carboxylic acids is 1. The number of hydrogen-bond donors (Lipinski definition) is 2. The number of rotatable bonds is 7. The first-order valence-electron chi connectivity index (χ1n) is 8.91. The summed E-state index contributed by atoms with van der Waals surface area (Å²) in [5.41, 5.74) is 0.549. The van der Waals surface area contributed by atoms with E-state index < -0.39 is 5.97 Å². The van der Waals surface area contributed by atoms with Crippen molar-refractivity contribution in [1.29, 1.82) is 0 Å². The van der Waals surface area contributed by atoms with Gasteiger partial charge in [-0.1, -0.05) is 25.7 Å². The molecule has 0 amide bonds. The highest BCUT2D eigenvalue weighted by atomic mass is 16.4. The zero-order valence-corrected chi connectivity index (χ0v) is 14.0. The van der Waals surface area contributed by atoms with Crippen LogP contribution in [0.4, 0.5) is 5.82 Å². The van der Waals surface area contributed by atoms with Crippen LogP contribution < -0.4 is 5.32 Å². The van der Waals surface area contributed by atoms with Crippen LogP contribution in [0.5, 0.6) is 0 Å². The zero-order valence-electron chi connectivity index (χ0n) is 14.0. The van der Waals surface area contributed by atoms with Crippen LogP contribution in [-0.4, -0.2) is 51.6 Å². The van der Waals surface area contributed by atoms with Crippen LogP contribution in [0.1, 0.15) is 44.2 Å². The normalized spacial score (nSPS) is 22.4. The number of aromatic nitrogens is 2. The first kappa shape index (κ1) is 16.9. The van der Waals surface area contributed by atoms with Crippen molar-refractivity contribution in [2.45, 2.75) is 44.6 Å². The van der Waals surface area contributed by atoms with E-state index >= 15 is 0 Å². The van der Waals surface area contributed by atoms with Gasteiger partial charge in [0, 0.05) is 25.2 Å². The van der Waals surface area contributed by atoms with E-state index in [2.05, 4.69) is 20.2 Å². The summed E-state index contributed by atoms with van der Waals surface area (Å²) in [7, 11) is 0. The molecule has 1 atom stereocenters. The molecule has 2 aliphatic rings. The van der Waals surface area contributed by atoms with Crippen molar-refractivity contribution < 1.29 is 9.90 Å². The van der Waals surface area contributed by atoms with Gasteiger partial charge in [0.05, 0.1) is 18.1 Å². The van der Waals surface area contributed by atoms with Gasteiger partial charge in [-0.05, 0) is 31.4 Å². The van der Waals surface area contributed by atoms with E-state index in [4.69, 9.17) is 5.11 Å². The monoisotopic (exact) mass is 330 g/mol. The van der Waals surface area contributed by atoms with Crippen molar-refractivity contribution in [2.24, 2.45) is 5.92 Å². The number of nitrogens with one attached hydrogen (secondary N) is 1. The number of carboxylic acid groups (broad SMARTS) is 1. The Bertz CT molecular complexity index is 567. The number of anilines is 1. The van der Waals surface area contributed by atoms with Gasteiger partial charge in [-0.25, -0.2) is 9.78 Å². The number of hydrogen-bond acceptors (Lipinski definition) is 5. The molecule has 2 fully saturated rings. The van der Waals surface area contributed by atoms with Crippen LogP contribution in [0.25, 0.3) is 6.08 Å². The summed E-state index contributed by atoms with van der Waals surface area (Å²) in [6.45, 7) is 3.43. The third kappa shape index (κ3) is 5.03. The molecule has 6 heteroatoms. The molecule has 6 nitrogen and oxygen atoms in total. The lowest BCUT2D eigenvalue weighted by Gasteiger charge is -2.19. The summed E-state index contributed by atoms with van der Waals surface area (Å²) in [5, 5.41) is 12.0. The fraction of sp³-hybridized carbons (Fsp3) is 0.611. The van der Waals surface area contributed by atoms with E-state index in [0.29, 0.717) is 11.7 Å². The third-order valence-electron chi connectivity index (χ3n) is 5.02. The van der Waals surface area contributed by atoms with Gasteiger partial charge in [0.15, 0.2) is 0 Å². The molecule has 1 aliphatic carbocycles. The first-order chi connectivity index (χ1) is 11.7. The molecule has 2 heterocycles. The molecule has 24 heavy (non-hydrogen) atoms. The molecule has 0 radical (unpaired) electrons. The number of likely N-dealkylation sites (tertiary alicyclic amines) is 1. The predicted molar refractivity (Wildman–Crippen MR) is 93.7 cm³/mol. The highest BCUT2D eigenvalue weighted by Gasteiger charge is 2.24. The maximum absolute atomic E-state index is 10.5. The Kier molecular flexibility index (Phi) is 5.80. The summed E-state index contributed by atoms with van der Waals surface area (Å²) >= 11 is 0. The molecule has 1 aliphatic heterocycles. The summed E-state index contributed by atoms with van der Waals surface area (Å²) in [5.74, 6) is 0.724. The average molecular weight is 330 g/mol. The fourth-order valence-corrected chi connectivity index (χ4v) is 3.68. The SMILES string of the molecule is O=C(O)/C=C/c1cnc(N[C@@H]2CCN(CCC3CCCC3)C2)cn1. The highest BCUT2D eigenvalue weighted by molar-refractivity contribution is 5.84. The smallest absolute Gasteiger partial charge is 0.328 e. The van der Waals surface area contributed by atoms with E-state index in [9.17, 15) is 4.79 Å². The summed E-state index contributed by atoms with van der Waals surface area (Å²) in [6.07, 6.45) is 13.9. The highest BCUT2D eigenvalue weighted by Crippen LogP contribution is 2.28. The molecule has 0 aromatic carbocycles. The molecule has 2 N–H and O–H groups in total. The second-order valence-corrected chi connectivity index (χ2v) is 6.87. The fourth-order valence-electron chi connectivity index (χ4n) is 3.68. The molecule has 0 bridgehead atoms. The van der Waals surface area contributed by atoms with Crippen LogP contribution in [-0.2, 0) is 4.79 Å². The molecule has 0 unspecified atom stereocenters. The zero-order chi connectivity index (χ0) is 16.8. The lowest BCUT2D eigenvalue weighted by Crippen LogP contribution is -2.28. The Hall–Kier alpha value is -1.95. The van der Waals surface area contributed by atoms with Crippen molar-refractivity contribution in [3.63, 3.8) is 0 Å². The van der Waals surface area contributed by atoms with Gasteiger partial charge >= 0.3 is 5.97 Å². The van der Waals surface area contributed by atoms with E-state index in [1.165, 1.54) is 44.7 Å². The van der Waals surface area contributed by atoms with Crippen molar-refractivity contribution in [1.82, 2.24) is 14.9 Å². The number of nitrogens with zero attached hydrogens (tertiary/aromatic N) is 3. The minimum absolute atomic E-state index is 0.420. The standard InChI is InChI=1S/C18H26N4O2/c23-18(24)6-5-15-11-20-17(12-19-15)21-16-8-10-22(13-16)9-7-14-3-1-2-4-14/h5-6,11-12,14,16H,1-4,7-10,13H2,(H,20,21)(H,23,24)/b6-5+/t16-/m1/s1. The van der Waals surface area contributed by atoms with E-state index in [0.717, 1.165) is 37.3 Å². The average Bonchev–Trinajstić information content (AvgIpc) is 3.24. The Balaban J connectivity index is 1.42. The van der Waals surface area contributed by atoms with Gasteiger partial charge in [-0.15, -0.1) is 0 Å². The Labute approximate surface area is 143 Å². The number of carbonyl (C=O) groups is 1. The molecule has 0 spiro atoms.